The Hall–Kier alpha value is -1.14. The van der Waals surface area contributed by atoms with Crippen LogP contribution in [-0.4, -0.2) is 8.05 Å². The van der Waals surface area contributed by atoms with Gasteiger partial charge in [0, 0.05) is 10.6 Å². The summed E-state index contributed by atoms with van der Waals surface area (Å²) in [7, 11) is 1.44. The molecule has 0 atom stereocenters. The highest BCUT2D eigenvalue weighted by Gasteiger charge is 1.95. The summed E-state index contributed by atoms with van der Waals surface area (Å²) >= 11 is 5.58. The normalized spacial score (nSPS) is 8.50. The van der Waals surface area contributed by atoms with Gasteiger partial charge in [-0.2, -0.15) is 0 Å². The van der Waals surface area contributed by atoms with Crippen molar-refractivity contribution in [1.82, 2.24) is 0 Å². The predicted octanol–water partition coefficient (Wildman–Crippen LogP) is 1.35. The van der Waals surface area contributed by atoms with Gasteiger partial charge in [0.1, 0.15) is 5.82 Å². The van der Waals surface area contributed by atoms with E-state index in [-0.39, 0.29) is 0 Å². The minimum atomic E-state index is -0.400. The van der Waals surface area contributed by atoms with Gasteiger partial charge in [-0.05, 0) is 24.1 Å². The van der Waals surface area contributed by atoms with Crippen LogP contribution in [0.2, 0.25) is 5.02 Å². The molecule has 0 spiro atoms. The summed E-state index contributed by atoms with van der Waals surface area (Å²) in [6.45, 7) is 0. The van der Waals surface area contributed by atoms with Gasteiger partial charge in [-0.3, -0.25) is 0 Å². The van der Waals surface area contributed by atoms with Crippen LogP contribution in [-0.2, 0) is 4.65 Å². The molecule has 12 heavy (non-hydrogen) atoms. The van der Waals surface area contributed by atoms with Gasteiger partial charge in [0.25, 0.3) is 0 Å². The largest absolute Gasteiger partial charge is 0.525 e. The molecule has 1 nitrogen and oxygen atoms in total. The van der Waals surface area contributed by atoms with Crippen LogP contribution in [0, 0.1) is 17.8 Å². The van der Waals surface area contributed by atoms with Crippen molar-refractivity contribution in [2.24, 2.45) is 0 Å². The van der Waals surface area contributed by atoms with Crippen molar-refractivity contribution < 1.29 is 9.04 Å². The Kier molecular flexibility index (Phi) is 3.01. The highest BCUT2D eigenvalue weighted by molar-refractivity contribution is 6.30. The molecule has 0 N–H and O–H groups in total. The summed E-state index contributed by atoms with van der Waals surface area (Å²) in [5, 5.41) is 0.329. The van der Waals surface area contributed by atoms with Gasteiger partial charge >= 0.3 is 8.05 Å². The highest BCUT2D eigenvalue weighted by Crippen LogP contribution is 2.12. The first-order valence-electron chi connectivity index (χ1n) is 3.22. The second kappa shape index (κ2) is 4.03. The minimum absolute atomic E-state index is 0.329. The molecule has 4 heteroatoms. The van der Waals surface area contributed by atoms with Crippen LogP contribution in [0.25, 0.3) is 0 Å². The van der Waals surface area contributed by atoms with Gasteiger partial charge in [-0.25, -0.2) is 4.39 Å². The topological polar surface area (TPSA) is 9.23 Å². The fourth-order valence-corrected chi connectivity index (χ4v) is 0.958. The first-order chi connectivity index (χ1) is 5.72. The first kappa shape index (κ1) is 8.96. The van der Waals surface area contributed by atoms with Crippen molar-refractivity contribution in [3.05, 3.63) is 34.6 Å². The lowest BCUT2D eigenvalue weighted by molar-refractivity contribution is 0.579. The molecule has 1 aromatic carbocycles. The number of halogens is 2. The average Bonchev–Trinajstić information content (AvgIpc) is 1.99. The zero-order valence-corrected chi connectivity index (χ0v) is 7.15. The van der Waals surface area contributed by atoms with Crippen LogP contribution in [0.1, 0.15) is 5.56 Å². The van der Waals surface area contributed by atoms with E-state index in [4.69, 9.17) is 11.6 Å². The molecule has 60 valence electrons. The van der Waals surface area contributed by atoms with Gasteiger partial charge in [0.15, 0.2) is 0 Å². The second-order valence-corrected chi connectivity index (χ2v) is 2.53. The van der Waals surface area contributed by atoms with Crippen molar-refractivity contribution >= 4 is 19.7 Å². The van der Waals surface area contributed by atoms with Gasteiger partial charge < -0.3 is 4.65 Å². The van der Waals surface area contributed by atoms with E-state index >= 15 is 0 Å². The molecule has 0 amide bonds. The zero-order chi connectivity index (χ0) is 8.97. The van der Waals surface area contributed by atoms with Gasteiger partial charge in [0.2, 0.25) is 0 Å². The Labute approximate surface area is 75.9 Å². The Balaban J connectivity index is 3.01. The van der Waals surface area contributed by atoms with Crippen LogP contribution in [0.3, 0.4) is 0 Å². The lowest BCUT2D eigenvalue weighted by Crippen LogP contribution is -1.79. The van der Waals surface area contributed by atoms with Gasteiger partial charge in [0.05, 0.1) is 6.11 Å². The smallest absolute Gasteiger partial charge is 0.337 e. The van der Waals surface area contributed by atoms with E-state index in [0.29, 0.717) is 10.6 Å². The van der Waals surface area contributed by atoms with Crippen molar-refractivity contribution in [1.29, 1.82) is 0 Å². The van der Waals surface area contributed by atoms with Crippen LogP contribution < -0.4 is 0 Å². The monoisotopic (exact) mass is 182 g/mol. The molecular formula is C8H5BClFO. The Morgan fingerprint density at radius 3 is 2.75 bits per heavy atom. The van der Waals surface area contributed by atoms with Gasteiger partial charge in [-0.1, -0.05) is 11.6 Å². The number of rotatable bonds is 0. The maximum absolute atomic E-state index is 12.7. The molecule has 1 rings (SSSR count). The molecule has 0 aliphatic rings. The maximum atomic E-state index is 12.7. The SMILES string of the molecule is BOC#Cc1cc(F)cc(Cl)c1. The highest BCUT2D eigenvalue weighted by atomic mass is 35.5. The predicted molar refractivity (Wildman–Crippen MR) is 47.9 cm³/mol. The molecule has 0 bridgehead atoms. The molecule has 0 aliphatic carbocycles. The quantitative estimate of drug-likeness (QED) is 0.435. The Morgan fingerprint density at radius 2 is 2.17 bits per heavy atom. The molecule has 0 radical (unpaired) electrons. The third-order valence-corrected chi connectivity index (χ3v) is 1.38. The van der Waals surface area contributed by atoms with Crippen molar-refractivity contribution in [3.63, 3.8) is 0 Å². The van der Waals surface area contributed by atoms with E-state index < -0.39 is 5.82 Å². The molecular weight excluding hydrogens is 177 g/mol. The second-order valence-electron chi connectivity index (χ2n) is 2.09. The first-order valence-corrected chi connectivity index (χ1v) is 3.60. The van der Waals surface area contributed by atoms with Crippen LogP contribution in [0.15, 0.2) is 18.2 Å². The lowest BCUT2D eigenvalue weighted by Gasteiger charge is -1.92. The molecule has 1 aromatic rings. The molecule has 0 heterocycles. The standard InChI is InChI=1S/C8H5BClFO/c9-12-2-1-6-3-7(10)5-8(11)4-6/h3-5H,9H2. The fraction of sp³-hybridized carbons (Fsp3) is 0. The fourth-order valence-electron chi connectivity index (χ4n) is 0.736. The third kappa shape index (κ3) is 2.48. The molecule has 0 aromatic heterocycles. The molecule has 0 saturated heterocycles. The van der Waals surface area contributed by atoms with Crippen LogP contribution in [0.5, 0.6) is 0 Å². The summed E-state index contributed by atoms with van der Waals surface area (Å²) < 4.78 is 17.2. The number of benzene rings is 1. The average molecular weight is 182 g/mol. The van der Waals surface area contributed by atoms with E-state index in [1.165, 1.54) is 20.2 Å². The van der Waals surface area contributed by atoms with E-state index in [1.807, 2.05) is 0 Å². The molecule has 0 fully saturated rings. The summed E-state index contributed by atoms with van der Waals surface area (Å²) in [6.07, 6.45) is 2.34. The molecule has 0 unspecified atom stereocenters. The van der Waals surface area contributed by atoms with Gasteiger partial charge in [-0.15, -0.1) is 0 Å². The summed E-state index contributed by atoms with van der Waals surface area (Å²) in [5.41, 5.74) is 0.502. The lowest BCUT2D eigenvalue weighted by atomic mass is 10.2. The van der Waals surface area contributed by atoms with E-state index in [2.05, 4.69) is 16.7 Å². The Morgan fingerprint density at radius 1 is 1.42 bits per heavy atom. The maximum Gasteiger partial charge on any atom is 0.337 e. The molecule has 0 saturated carbocycles. The van der Waals surface area contributed by atoms with Crippen LogP contribution >= 0.6 is 11.6 Å². The molecule has 0 aliphatic heterocycles. The number of hydrogen-bond donors (Lipinski definition) is 0. The summed E-state index contributed by atoms with van der Waals surface area (Å²) in [4.78, 5) is 0. The third-order valence-electron chi connectivity index (χ3n) is 1.16. The van der Waals surface area contributed by atoms with Crippen LogP contribution in [0.4, 0.5) is 4.39 Å². The minimum Gasteiger partial charge on any atom is -0.525 e. The van der Waals surface area contributed by atoms with E-state index in [0.717, 1.165) is 0 Å². The van der Waals surface area contributed by atoms with E-state index in [9.17, 15) is 4.39 Å². The zero-order valence-electron chi connectivity index (χ0n) is 6.40. The van der Waals surface area contributed by atoms with Crippen molar-refractivity contribution in [2.45, 2.75) is 0 Å². The summed E-state index contributed by atoms with van der Waals surface area (Å²) in [6, 6.07) is 4.08. The number of hydrogen-bond acceptors (Lipinski definition) is 1. The van der Waals surface area contributed by atoms with Crippen molar-refractivity contribution in [3.8, 4) is 12.0 Å². The van der Waals surface area contributed by atoms with Crippen molar-refractivity contribution in [2.75, 3.05) is 0 Å². The van der Waals surface area contributed by atoms with E-state index in [1.54, 1.807) is 6.07 Å². The Bertz CT molecular complexity index is 322. The summed E-state index contributed by atoms with van der Waals surface area (Å²) in [5.74, 6) is 2.18.